The van der Waals surface area contributed by atoms with Crippen LogP contribution in [0.15, 0.2) is 33.9 Å². The monoisotopic (exact) mass is 416 g/mol. The van der Waals surface area contributed by atoms with Crippen LogP contribution in [0.2, 0.25) is 0 Å². The molecule has 164 valence electrons. The maximum Gasteiger partial charge on any atom is 0.330 e. The van der Waals surface area contributed by atoms with Crippen molar-refractivity contribution in [3.63, 3.8) is 0 Å². The second-order valence-electron chi connectivity index (χ2n) is 7.74. The van der Waals surface area contributed by atoms with Crippen molar-refractivity contribution in [2.75, 3.05) is 24.3 Å². The zero-order chi connectivity index (χ0) is 22.3. The number of hydrogen-bond acceptors (Lipinski definition) is 5. The number of hydrogen-bond donors (Lipinski definition) is 2. The van der Waals surface area contributed by atoms with Gasteiger partial charge in [0.25, 0.3) is 5.56 Å². The molecule has 1 amide bonds. The molecule has 0 aliphatic heterocycles. The van der Waals surface area contributed by atoms with Gasteiger partial charge in [0.2, 0.25) is 5.91 Å². The Balaban J connectivity index is 2.32. The summed E-state index contributed by atoms with van der Waals surface area (Å²) in [6.07, 6.45) is 2.31. The lowest BCUT2D eigenvalue weighted by Crippen LogP contribution is -2.42. The minimum Gasteiger partial charge on any atom is -0.497 e. The van der Waals surface area contributed by atoms with Crippen molar-refractivity contribution in [3.05, 3.63) is 50.7 Å². The number of H-pyrrole nitrogens is 1. The van der Waals surface area contributed by atoms with Gasteiger partial charge in [0.05, 0.1) is 7.11 Å². The fraction of sp³-hybridized carbons (Fsp3) is 0.500. The van der Waals surface area contributed by atoms with E-state index in [1.165, 1.54) is 9.47 Å². The Morgan fingerprint density at radius 2 is 1.90 bits per heavy atom. The molecule has 30 heavy (non-hydrogen) atoms. The Hall–Kier alpha value is -3.03. The van der Waals surface area contributed by atoms with Crippen molar-refractivity contribution in [3.8, 4) is 5.75 Å². The van der Waals surface area contributed by atoms with E-state index in [0.717, 1.165) is 24.2 Å². The minimum absolute atomic E-state index is 0.0337. The van der Waals surface area contributed by atoms with Gasteiger partial charge in [-0.1, -0.05) is 39.3 Å². The van der Waals surface area contributed by atoms with Gasteiger partial charge >= 0.3 is 5.69 Å². The first-order chi connectivity index (χ1) is 14.3. The van der Waals surface area contributed by atoms with Crippen LogP contribution in [-0.4, -0.2) is 29.1 Å². The molecule has 3 N–H and O–H groups in total. The number of rotatable bonds is 10. The van der Waals surface area contributed by atoms with Crippen LogP contribution in [0.25, 0.3) is 0 Å². The van der Waals surface area contributed by atoms with Gasteiger partial charge in [-0.2, -0.15) is 0 Å². The van der Waals surface area contributed by atoms with Crippen molar-refractivity contribution in [1.29, 1.82) is 0 Å². The highest BCUT2D eigenvalue weighted by Crippen LogP contribution is 2.20. The SMILES string of the molecule is CCCCN(C(=O)CCc1ccc(OC)cc1)c1c(N)n(CC(C)C)c(=O)[nH]c1=O. The Labute approximate surface area is 176 Å². The van der Waals surface area contributed by atoms with Crippen LogP contribution in [0.4, 0.5) is 11.5 Å². The normalized spacial score (nSPS) is 11.0. The standard InChI is InChI=1S/C22H32N4O4/c1-5-6-13-25(18(27)12-9-16-7-10-17(30-4)11-8-16)19-20(23)26(14-15(2)3)22(29)24-21(19)28/h7-8,10-11,15H,5-6,9,12-14,23H2,1-4H3,(H,24,28,29). The summed E-state index contributed by atoms with van der Waals surface area (Å²) in [5, 5.41) is 0. The number of nitrogens with zero attached hydrogens (tertiary/aromatic N) is 2. The van der Waals surface area contributed by atoms with Crippen LogP contribution in [0.3, 0.4) is 0 Å². The van der Waals surface area contributed by atoms with Gasteiger partial charge in [-0.15, -0.1) is 0 Å². The molecule has 0 unspecified atom stereocenters. The molecular weight excluding hydrogens is 384 g/mol. The number of nitrogen functional groups attached to an aromatic ring is 1. The van der Waals surface area contributed by atoms with Crippen molar-refractivity contribution < 1.29 is 9.53 Å². The van der Waals surface area contributed by atoms with Crippen molar-refractivity contribution in [2.24, 2.45) is 5.92 Å². The van der Waals surface area contributed by atoms with Gasteiger partial charge in [-0.3, -0.25) is 19.1 Å². The van der Waals surface area contributed by atoms with Crippen LogP contribution < -0.4 is 26.6 Å². The summed E-state index contributed by atoms with van der Waals surface area (Å²) in [7, 11) is 1.60. The summed E-state index contributed by atoms with van der Waals surface area (Å²) in [5.41, 5.74) is 6.08. The first-order valence-corrected chi connectivity index (χ1v) is 10.3. The molecule has 0 fully saturated rings. The molecule has 0 spiro atoms. The number of carbonyl (C=O) groups excluding carboxylic acids is 1. The van der Waals surface area contributed by atoms with Crippen LogP contribution in [0.1, 0.15) is 45.6 Å². The first-order valence-electron chi connectivity index (χ1n) is 10.3. The van der Waals surface area contributed by atoms with E-state index in [4.69, 9.17) is 10.5 Å². The van der Waals surface area contributed by atoms with Crippen LogP contribution >= 0.6 is 0 Å². The molecule has 1 heterocycles. The van der Waals surface area contributed by atoms with E-state index < -0.39 is 11.2 Å². The van der Waals surface area contributed by atoms with Crippen molar-refractivity contribution >= 4 is 17.4 Å². The molecule has 0 atom stereocenters. The molecule has 1 aromatic carbocycles. The predicted molar refractivity (Wildman–Crippen MR) is 119 cm³/mol. The Kier molecular flexibility index (Phi) is 8.26. The van der Waals surface area contributed by atoms with Crippen molar-refractivity contribution in [1.82, 2.24) is 9.55 Å². The second-order valence-corrected chi connectivity index (χ2v) is 7.74. The van der Waals surface area contributed by atoms with Gasteiger partial charge < -0.3 is 15.4 Å². The molecule has 8 heteroatoms. The minimum atomic E-state index is -0.633. The van der Waals surface area contributed by atoms with E-state index in [9.17, 15) is 14.4 Å². The molecule has 0 bridgehead atoms. The van der Waals surface area contributed by atoms with E-state index in [1.807, 2.05) is 45.0 Å². The number of aryl methyl sites for hydroxylation is 1. The zero-order valence-electron chi connectivity index (χ0n) is 18.2. The van der Waals surface area contributed by atoms with Gasteiger partial charge in [0.1, 0.15) is 11.6 Å². The summed E-state index contributed by atoms with van der Waals surface area (Å²) in [6, 6.07) is 7.51. The third kappa shape index (κ3) is 5.75. The number of ether oxygens (including phenoxy) is 1. The number of aromatic nitrogens is 2. The summed E-state index contributed by atoms with van der Waals surface area (Å²) in [6.45, 7) is 6.63. The van der Waals surface area contributed by atoms with Crippen LogP contribution in [0.5, 0.6) is 5.75 Å². The maximum atomic E-state index is 13.1. The number of carbonyl (C=O) groups is 1. The molecule has 0 saturated heterocycles. The number of anilines is 2. The van der Waals surface area contributed by atoms with E-state index in [1.54, 1.807) is 7.11 Å². The average Bonchev–Trinajstić information content (AvgIpc) is 2.71. The lowest BCUT2D eigenvalue weighted by molar-refractivity contribution is -0.118. The van der Waals surface area contributed by atoms with E-state index in [0.29, 0.717) is 19.5 Å². The number of nitrogens with two attached hydrogens (primary N) is 1. The number of benzene rings is 1. The van der Waals surface area contributed by atoms with Gasteiger partial charge in [-0.25, -0.2) is 4.79 Å². The Morgan fingerprint density at radius 3 is 2.47 bits per heavy atom. The number of nitrogens with one attached hydrogen (secondary N) is 1. The van der Waals surface area contributed by atoms with E-state index in [-0.39, 0.29) is 29.8 Å². The lowest BCUT2D eigenvalue weighted by atomic mass is 10.1. The molecule has 0 aliphatic carbocycles. The molecule has 2 rings (SSSR count). The molecule has 1 aromatic heterocycles. The smallest absolute Gasteiger partial charge is 0.330 e. The summed E-state index contributed by atoms with van der Waals surface area (Å²) < 4.78 is 6.49. The van der Waals surface area contributed by atoms with Crippen LogP contribution in [-0.2, 0) is 17.8 Å². The lowest BCUT2D eigenvalue weighted by Gasteiger charge is -2.25. The third-order valence-electron chi connectivity index (χ3n) is 4.85. The second kappa shape index (κ2) is 10.7. The van der Waals surface area contributed by atoms with Crippen LogP contribution in [0, 0.1) is 5.92 Å². The Morgan fingerprint density at radius 1 is 1.23 bits per heavy atom. The van der Waals surface area contributed by atoms with Gasteiger partial charge in [0.15, 0.2) is 5.69 Å². The number of aromatic amines is 1. The van der Waals surface area contributed by atoms with Gasteiger partial charge in [-0.05, 0) is 36.5 Å². The highest BCUT2D eigenvalue weighted by atomic mass is 16.5. The topological polar surface area (TPSA) is 110 Å². The largest absolute Gasteiger partial charge is 0.497 e. The molecule has 0 saturated carbocycles. The summed E-state index contributed by atoms with van der Waals surface area (Å²) >= 11 is 0. The molecule has 2 aromatic rings. The first kappa shape index (κ1) is 23.3. The summed E-state index contributed by atoms with van der Waals surface area (Å²) in [4.78, 5) is 41.6. The molecule has 0 aliphatic rings. The third-order valence-corrected chi connectivity index (χ3v) is 4.85. The Bertz CT molecular complexity index is 961. The van der Waals surface area contributed by atoms with E-state index >= 15 is 0 Å². The fourth-order valence-corrected chi connectivity index (χ4v) is 3.24. The predicted octanol–water partition coefficient (Wildman–Crippen LogP) is 2.55. The van der Waals surface area contributed by atoms with E-state index in [2.05, 4.69) is 4.98 Å². The zero-order valence-corrected chi connectivity index (χ0v) is 18.2. The van der Waals surface area contributed by atoms with Crippen molar-refractivity contribution in [2.45, 2.75) is 53.0 Å². The quantitative estimate of drug-likeness (QED) is 0.618. The molecule has 0 radical (unpaired) electrons. The highest BCUT2D eigenvalue weighted by Gasteiger charge is 2.24. The summed E-state index contributed by atoms with van der Waals surface area (Å²) in [5.74, 6) is 0.734. The fourth-order valence-electron chi connectivity index (χ4n) is 3.24. The average molecular weight is 417 g/mol. The molecule has 8 nitrogen and oxygen atoms in total. The number of methoxy groups -OCH3 is 1. The number of amides is 1. The maximum absolute atomic E-state index is 13.1. The van der Waals surface area contributed by atoms with Gasteiger partial charge in [0, 0.05) is 19.5 Å². The number of unbranched alkanes of at least 4 members (excludes halogenated alkanes) is 1. The highest BCUT2D eigenvalue weighted by molar-refractivity contribution is 5.95. The molecular formula is C22H32N4O4.